The zero-order valence-electron chi connectivity index (χ0n) is 7.75. The van der Waals surface area contributed by atoms with Gasteiger partial charge in [-0.2, -0.15) is 0 Å². The van der Waals surface area contributed by atoms with Gasteiger partial charge in [-0.25, -0.2) is 0 Å². The van der Waals surface area contributed by atoms with Crippen LogP contribution in [0.2, 0.25) is 0 Å². The molecule has 0 radical (unpaired) electrons. The highest BCUT2D eigenvalue weighted by molar-refractivity contribution is 6.06. The molecule has 3 heteroatoms. The predicted octanol–water partition coefficient (Wildman–Crippen LogP) is 1.30. The minimum atomic E-state index is -0.392. The fraction of sp³-hybridized carbons (Fsp3) is 0.364. The lowest BCUT2D eigenvalue weighted by Gasteiger charge is -2.18. The van der Waals surface area contributed by atoms with Gasteiger partial charge < -0.3 is 10.1 Å². The maximum absolute atomic E-state index is 11.9. The van der Waals surface area contributed by atoms with Gasteiger partial charge in [0.1, 0.15) is 5.41 Å². The number of hydrogen-bond acceptors (Lipinski definition) is 2. The van der Waals surface area contributed by atoms with E-state index in [1.165, 1.54) is 0 Å². The van der Waals surface area contributed by atoms with E-state index in [9.17, 15) is 4.79 Å². The molecule has 1 fully saturated rings. The van der Waals surface area contributed by atoms with Crippen LogP contribution >= 0.6 is 0 Å². The highest BCUT2D eigenvalue weighted by Gasteiger charge is 2.49. The van der Waals surface area contributed by atoms with Crippen molar-refractivity contribution < 1.29 is 9.53 Å². The number of carbonyl (C=O) groups is 1. The van der Waals surface area contributed by atoms with Crippen LogP contribution in [0.15, 0.2) is 24.3 Å². The molecule has 72 valence electrons. The summed E-state index contributed by atoms with van der Waals surface area (Å²) in [6.45, 7) is 1.21. The lowest BCUT2D eigenvalue weighted by atomic mass is 9.81. The Bertz CT molecular complexity index is 394. The minimum Gasteiger partial charge on any atom is -0.380 e. The third-order valence-electron chi connectivity index (χ3n) is 3.15. The Morgan fingerprint density at radius 2 is 2.21 bits per heavy atom. The second-order valence-corrected chi connectivity index (χ2v) is 3.88. The van der Waals surface area contributed by atoms with Crippen LogP contribution in [0.1, 0.15) is 12.0 Å². The zero-order chi connectivity index (χ0) is 9.60. The van der Waals surface area contributed by atoms with E-state index in [1.54, 1.807) is 0 Å². The monoisotopic (exact) mass is 189 g/mol. The van der Waals surface area contributed by atoms with Crippen molar-refractivity contribution in [2.45, 2.75) is 11.8 Å². The molecule has 1 aromatic rings. The van der Waals surface area contributed by atoms with Gasteiger partial charge in [-0.3, -0.25) is 4.79 Å². The Morgan fingerprint density at radius 3 is 3.00 bits per heavy atom. The molecule has 0 saturated carbocycles. The molecule has 0 unspecified atom stereocenters. The normalized spacial score (nSPS) is 29.3. The van der Waals surface area contributed by atoms with E-state index in [0.717, 1.165) is 17.7 Å². The summed E-state index contributed by atoms with van der Waals surface area (Å²) in [5.41, 5.74) is 1.65. The molecule has 0 aromatic heterocycles. The van der Waals surface area contributed by atoms with Crippen LogP contribution in [0.5, 0.6) is 0 Å². The number of benzene rings is 1. The Balaban J connectivity index is 2.18. The van der Waals surface area contributed by atoms with Crippen LogP contribution in [-0.2, 0) is 14.9 Å². The molecular weight excluding hydrogens is 178 g/mol. The Kier molecular flexibility index (Phi) is 1.47. The number of rotatable bonds is 0. The van der Waals surface area contributed by atoms with Crippen molar-refractivity contribution in [2.75, 3.05) is 18.5 Å². The van der Waals surface area contributed by atoms with Crippen LogP contribution in [0, 0.1) is 0 Å². The quantitative estimate of drug-likeness (QED) is 0.668. The van der Waals surface area contributed by atoms with Crippen molar-refractivity contribution in [3.8, 4) is 0 Å². The van der Waals surface area contributed by atoms with Gasteiger partial charge in [-0.1, -0.05) is 18.2 Å². The average Bonchev–Trinajstić information content (AvgIpc) is 2.77. The van der Waals surface area contributed by atoms with Crippen LogP contribution in [0.25, 0.3) is 0 Å². The number of anilines is 1. The van der Waals surface area contributed by atoms with Crippen molar-refractivity contribution in [1.29, 1.82) is 0 Å². The molecule has 1 amide bonds. The standard InChI is InChI=1S/C11H11NO2/c13-10-11(5-6-14-7-11)8-3-1-2-4-9(8)12-10/h1-4H,5-7H2,(H,12,13)/t11-/m0/s1. The summed E-state index contributed by atoms with van der Waals surface area (Å²) >= 11 is 0. The zero-order valence-corrected chi connectivity index (χ0v) is 7.75. The second-order valence-electron chi connectivity index (χ2n) is 3.88. The Hall–Kier alpha value is -1.35. The van der Waals surface area contributed by atoms with E-state index in [0.29, 0.717) is 13.2 Å². The van der Waals surface area contributed by atoms with Gasteiger partial charge in [0, 0.05) is 12.3 Å². The van der Waals surface area contributed by atoms with Crippen LogP contribution in [0.3, 0.4) is 0 Å². The van der Waals surface area contributed by atoms with E-state index in [4.69, 9.17) is 4.74 Å². The van der Waals surface area contributed by atoms with E-state index < -0.39 is 5.41 Å². The van der Waals surface area contributed by atoms with Gasteiger partial charge in [0.2, 0.25) is 5.91 Å². The highest BCUT2D eigenvalue weighted by atomic mass is 16.5. The molecular formula is C11H11NO2. The summed E-state index contributed by atoms with van der Waals surface area (Å²) in [7, 11) is 0. The molecule has 3 rings (SSSR count). The van der Waals surface area contributed by atoms with Gasteiger partial charge in [0.15, 0.2) is 0 Å². The first-order chi connectivity index (χ1) is 6.83. The summed E-state index contributed by atoms with van der Waals surface area (Å²) in [5.74, 6) is 0.0937. The third kappa shape index (κ3) is 0.826. The smallest absolute Gasteiger partial charge is 0.237 e. The lowest BCUT2D eigenvalue weighted by Crippen LogP contribution is -2.34. The SMILES string of the molecule is O=C1Nc2ccccc2[C@@]12CCOC2. The van der Waals surface area contributed by atoms with Crippen molar-refractivity contribution in [3.63, 3.8) is 0 Å². The number of carbonyl (C=O) groups excluding carboxylic acids is 1. The van der Waals surface area contributed by atoms with E-state index in [-0.39, 0.29) is 5.91 Å². The highest BCUT2D eigenvalue weighted by Crippen LogP contribution is 2.42. The van der Waals surface area contributed by atoms with Gasteiger partial charge in [-0.05, 0) is 18.1 Å². The molecule has 2 aliphatic rings. The predicted molar refractivity (Wildman–Crippen MR) is 52.2 cm³/mol. The van der Waals surface area contributed by atoms with Crippen LogP contribution < -0.4 is 5.32 Å². The van der Waals surface area contributed by atoms with Crippen molar-refractivity contribution in [1.82, 2.24) is 0 Å². The maximum atomic E-state index is 11.9. The molecule has 1 atom stereocenters. The lowest BCUT2D eigenvalue weighted by molar-refractivity contribution is -0.120. The number of nitrogens with one attached hydrogen (secondary N) is 1. The summed E-state index contributed by atoms with van der Waals surface area (Å²) in [4.78, 5) is 11.9. The number of fused-ring (bicyclic) bond motifs is 2. The molecule has 1 aromatic carbocycles. The van der Waals surface area contributed by atoms with E-state index in [2.05, 4.69) is 5.32 Å². The van der Waals surface area contributed by atoms with E-state index >= 15 is 0 Å². The fourth-order valence-electron chi connectivity index (χ4n) is 2.33. The summed E-state index contributed by atoms with van der Waals surface area (Å²) in [5, 5.41) is 2.91. The molecule has 3 nitrogen and oxygen atoms in total. The third-order valence-corrected chi connectivity index (χ3v) is 3.15. The first-order valence-electron chi connectivity index (χ1n) is 4.82. The van der Waals surface area contributed by atoms with Gasteiger partial charge >= 0.3 is 0 Å². The molecule has 1 spiro atoms. The summed E-state index contributed by atoms with van der Waals surface area (Å²) < 4.78 is 5.35. The number of hydrogen-bond donors (Lipinski definition) is 1. The molecule has 14 heavy (non-hydrogen) atoms. The van der Waals surface area contributed by atoms with Gasteiger partial charge in [0.25, 0.3) is 0 Å². The molecule has 2 heterocycles. The van der Waals surface area contributed by atoms with Crippen molar-refractivity contribution >= 4 is 11.6 Å². The van der Waals surface area contributed by atoms with Crippen molar-refractivity contribution in [3.05, 3.63) is 29.8 Å². The summed E-state index contributed by atoms with van der Waals surface area (Å²) in [6.07, 6.45) is 0.801. The first kappa shape index (κ1) is 8.00. The topological polar surface area (TPSA) is 38.3 Å². The molecule has 1 saturated heterocycles. The van der Waals surface area contributed by atoms with Gasteiger partial charge in [-0.15, -0.1) is 0 Å². The summed E-state index contributed by atoms with van der Waals surface area (Å²) in [6, 6.07) is 7.87. The molecule has 0 bridgehead atoms. The number of amides is 1. The average molecular weight is 189 g/mol. The Morgan fingerprint density at radius 1 is 1.36 bits per heavy atom. The van der Waals surface area contributed by atoms with Crippen LogP contribution in [-0.4, -0.2) is 19.1 Å². The minimum absolute atomic E-state index is 0.0937. The van der Waals surface area contributed by atoms with Gasteiger partial charge in [0.05, 0.1) is 6.61 Å². The second kappa shape index (κ2) is 2.58. The van der Waals surface area contributed by atoms with Crippen molar-refractivity contribution in [2.24, 2.45) is 0 Å². The first-order valence-corrected chi connectivity index (χ1v) is 4.82. The molecule has 0 aliphatic carbocycles. The molecule has 1 N–H and O–H groups in total. The number of ether oxygens (including phenoxy) is 1. The maximum Gasteiger partial charge on any atom is 0.237 e. The number of para-hydroxylation sites is 1. The van der Waals surface area contributed by atoms with Crippen LogP contribution in [0.4, 0.5) is 5.69 Å². The largest absolute Gasteiger partial charge is 0.380 e. The van der Waals surface area contributed by atoms with E-state index in [1.807, 2.05) is 24.3 Å². The fourth-order valence-corrected chi connectivity index (χ4v) is 2.33. The Labute approximate surface area is 82.1 Å². The molecule has 2 aliphatic heterocycles.